The van der Waals surface area contributed by atoms with Crippen molar-refractivity contribution < 1.29 is 28.8 Å². The van der Waals surface area contributed by atoms with Crippen molar-refractivity contribution in [3.05, 3.63) is 68.6 Å². The number of hydrogen-bond donors (Lipinski definition) is 3. The topological polar surface area (TPSA) is 209 Å². The summed E-state index contributed by atoms with van der Waals surface area (Å²) in [6.45, 7) is 2.23. The van der Waals surface area contributed by atoms with E-state index in [9.17, 15) is 29.3 Å². The quantitative estimate of drug-likeness (QED) is 0.0955. The molecule has 36 heavy (non-hydrogen) atoms. The Morgan fingerprint density at radius 2 is 1.92 bits per heavy atom. The molecular weight excluding hydrogens is 476 g/mol. The van der Waals surface area contributed by atoms with Crippen LogP contribution in [0, 0.1) is 10.1 Å². The Morgan fingerprint density at radius 3 is 2.50 bits per heavy atom. The number of carbonyl (C=O) groups is 3. The zero-order valence-electron chi connectivity index (χ0n) is 19.0. The molecule has 14 heteroatoms. The molecule has 1 unspecified atom stereocenters. The lowest BCUT2D eigenvalue weighted by molar-refractivity contribution is -0.384. The van der Waals surface area contributed by atoms with Crippen molar-refractivity contribution in [2.24, 2.45) is 10.9 Å². The third kappa shape index (κ3) is 5.32. The number of H-pyrrole nitrogens is 1. The summed E-state index contributed by atoms with van der Waals surface area (Å²) in [7, 11) is 0.992. The van der Waals surface area contributed by atoms with Gasteiger partial charge in [0.15, 0.2) is 5.71 Å². The molecule has 0 aliphatic rings. The minimum absolute atomic E-state index is 0.00714. The molecule has 3 rings (SSSR count). The number of ketones is 1. The van der Waals surface area contributed by atoms with E-state index in [1.54, 1.807) is 19.1 Å². The maximum Gasteiger partial charge on any atom is 0.355 e. The molecule has 0 spiro atoms. The van der Waals surface area contributed by atoms with Gasteiger partial charge in [0.1, 0.15) is 17.4 Å². The van der Waals surface area contributed by atoms with Crippen LogP contribution in [0.2, 0.25) is 0 Å². The molecule has 3 aromatic rings. The van der Waals surface area contributed by atoms with Crippen molar-refractivity contribution in [1.82, 2.24) is 9.97 Å². The Labute approximate surface area is 202 Å². The molecule has 0 fully saturated rings. The summed E-state index contributed by atoms with van der Waals surface area (Å²) in [6, 6.07) is 9.53. The second-order valence-electron chi connectivity index (χ2n) is 7.12. The third-order valence-electron chi connectivity index (χ3n) is 4.90. The number of methoxy groups -OCH3 is 1. The van der Waals surface area contributed by atoms with Crippen molar-refractivity contribution in [3.8, 4) is 5.75 Å². The maximum absolute atomic E-state index is 13.2. The number of ether oxygens (including phenoxy) is 2. The molecule has 0 bridgehead atoms. The first kappa shape index (κ1) is 25.5. The van der Waals surface area contributed by atoms with Crippen LogP contribution >= 0.6 is 0 Å². The van der Waals surface area contributed by atoms with Gasteiger partial charge in [-0.05, 0) is 37.3 Å². The number of esters is 1. The van der Waals surface area contributed by atoms with Gasteiger partial charge in [-0.15, -0.1) is 0 Å². The largest absolute Gasteiger partial charge is 0.494 e. The van der Waals surface area contributed by atoms with Crippen LogP contribution in [0.3, 0.4) is 0 Å². The van der Waals surface area contributed by atoms with Crippen LogP contribution < -0.4 is 21.5 Å². The first-order valence-electron chi connectivity index (χ1n) is 10.3. The second-order valence-corrected chi connectivity index (χ2v) is 7.12. The number of hydrogen-bond acceptors (Lipinski definition) is 11. The lowest BCUT2D eigenvalue weighted by Crippen LogP contribution is -2.40. The molecular formula is C22H20N6O8. The number of nitrogens with zero attached hydrogens (tertiary/aromatic N) is 3. The van der Waals surface area contributed by atoms with Crippen LogP contribution in [0.5, 0.6) is 5.75 Å². The Bertz CT molecular complexity index is 1430. The number of benzene rings is 2. The first-order chi connectivity index (χ1) is 17.2. The summed E-state index contributed by atoms with van der Waals surface area (Å²) < 4.78 is 9.92. The molecule has 0 aliphatic carbocycles. The van der Waals surface area contributed by atoms with Gasteiger partial charge in [0.25, 0.3) is 17.2 Å². The van der Waals surface area contributed by atoms with Crippen LogP contribution in [-0.2, 0) is 19.1 Å². The number of non-ortho nitro benzene ring substituents is 1. The van der Waals surface area contributed by atoms with Crippen LogP contribution in [0.4, 0.5) is 11.4 Å². The monoisotopic (exact) mass is 496 g/mol. The number of rotatable bonds is 9. The molecule has 186 valence electrons. The van der Waals surface area contributed by atoms with Gasteiger partial charge >= 0.3 is 5.97 Å². The van der Waals surface area contributed by atoms with Gasteiger partial charge in [0, 0.05) is 17.8 Å². The minimum atomic E-state index is -1.94. The normalized spacial score (nSPS) is 12.0. The number of anilines is 1. The van der Waals surface area contributed by atoms with Crippen molar-refractivity contribution >= 4 is 45.8 Å². The van der Waals surface area contributed by atoms with Crippen molar-refractivity contribution in [2.45, 2.75) is 12.8 Å². The fourth-order valence-electron chi connectivity index (χ4n) is 3.25. The molecule has 1 amide bonds. The number of nitro benzene ring substituents is 1. The van der Waals surface area contributed by atoms with E-state index in [2.05, 4.69) is 25.1 Å². The average molecular weight is 496 g/mol. The average Bonchev–Trinajstić information content (AvgIpc) is 2.87. The number of nitrogens with one attached hydrogen (secondary N) is 2. The fourth-order valence-corrected chi connectivity index (χ4v) is 3.25. The van der Waals surface area contributed by atoms with Crippen molar-refractivity contribution in [3.63, 3.8) is 0 Å². The van der Waals surface area contributed by atoms with Gasteiger partial charge in [0.2, 0.25) is 5.78 Å². The van der Waals surface area contributed by atoms with Gasteiger partial charge < -0.3 is 25.6 Å². The lowest BCUT2D eigenvalue weighted by atomic mass is 9.93. The molecule has 1 heterocycles. The predicted octanol–water partition coefficient (Wildman–Crippen LogP) is 1.01. The van der Waals surface area contributed by atoms with E-state index in [0.717, 1.165) is 19.2 Å². The summed E-state index contributed by atoms with van der Waals surface area (Å²) in [4.78, 5) is 67.9. The summed E-state index contributed by atoms with van der Waals surface area (Å²) in [6.07, 6.45) is 0. The summed E-state index contributed by atoms with van der Waals surface area (Å²) in [5.41, 5.74) is -2.38. The van der Waals surface area contributed by atoms with Crippen LogP contribution in [0.25, 0.3) is 11.0 Å². The molecule has 14 nitrogen and oxygen atoms in total. The fraction of sp³-hybridized carbons (Fsp3) is 0.182. The number of nitro groups is 1. The standard InChI is InChI=1S/C22H20N6O8/c1-3-36-13-7-4-11(5-8-13)24-21(31)19(29)16(18(27-23)22(32)35-2)17-20(30)26-15-10-12(28(33)34)6-9-14(15)25-17/h4-10,16H,3,23H2,1-2H3,(H,24,31)(H,26,30)/b27-18+. The van der Waals surface area contributed by atoms with Crippen molar-refractivity contribution in [1.29, 1.82) is 0 Å². The van der Waals surface area contributed by atoms with Crippen LogP contribution in [0.15, 0.2) is 52.4 Å². The third-order valence-corrected chi connectivity index (χ3v) is 4.90. The highest BCUT2D eigenvalue weighted by Gasteiger charge is 2.39. The molecule has 1 aromatic heterocycles. The zero-order valence-corrected chi connectivity index (χ0v) is 19.0. The maximum atomic E-state index is 13.2. The molecule has 1 atom stereocenters. The second kappa shape index (κ2) is 10.9. The van der Waals surface area contributed by atoms with Gasteiger partial charge in [-0.2, -0.15) is 5.10 Å². The Balaban J connectivity index is 2.05. The molecule has 2 aromatic carbocycles. The first-order valence-corrected chi connectivity index (χ1v) is 10.3. The molecule has 0 radical (unpaired) electrons. The Kier molecular flexibility index (Phi) is 7.69. The van der Waals surface area contributed by atoms with Gasteiger partial charge in [0.05, 0.1) is 29.7 Å². The highest BCUT2D eigenvalue weighted by atomic mass is 16.6. The molecule has 0 saturated carbocycles. The lowest BCUT2D eigenvalue weighted by Gasteiger charge is -2.15. The number of aromatic nitrogens is 2. The van der Waals surface area contributed by atoms with E-state index in [-0.39, 0.29) is 22.4 Å². The Hall–Kier alpha value is -5.14. The Morgan fingerprint density at radius 1 is 1.22 bits per heavy atom. The van der Waals surface area contributed by atoms with Gasteiger partial charge in [-0.1, -0.05) is 0 Å². The van der Waals surface area contributed by atoms with Crippen LogP contribution in [0.1, 0.15) is 18.5 Å². The summed E-state index contributed by atoms with van der Waals surface area (Å²) in [5, 5.41) is 16.7. The SMILES string of the molecule is CCOc1ccc(NC(=O)C(=O)C(/C(=N\N)C(=O)OC)c2nc3ccc([N+](=O)[O-])cc3[nH]c2=O)cc1. The highest BCUT2D eigenvalue weighted by molar-refractivity contribution is 6.53. The number of aromatic amines is 1. The van der Waals surface area contributed by atoms with Gasteiger partial charge in [-0.3, -0.25) is 24.5 Å². The van der Waals surface area contributed by atoms with E-state index in [1.165, 1.54) is 18.2 Å². The van der Waals surface area contributed by atoms with Crippen LogP contribution in [-0.4, -0.2) is 52.0 Å². The number of fused-ring (bicyclic) bond motifs is 1. The van der Waals surface area contributed by atoms with E-state index >= 15 is 0 Å². The number of amides is 1. The predicted molar refractivity (Wildman–Crippen MR) is 127 cm³/mol. The van der Waals surface area contributed by atoms with E-state index in [4.69, 9.17) is 10.6 Å². The molecule has 4 N–H and O–H groups in total. The zero-order chi connectivity index (χ0) is 26.4. The van der Waals surface area contributed by atoms with E-state index < -0.39 is 45.5 Å². The summed E-state index contributed by atoms with van der Waals surface area (Å²) >= 11 is 0. The highest BCUT2D eigenvalue weighted by Crippen LogP contribution is 2.22. The van der Waals surface area contributed by atoms with E-state index in [1.807, 2.05) is 0 Å². The van der Waals surface area contributed by atoms with Gasteiger partial charge in [-0.25, -0.2) is 9.78 Å². The van der Waals surface area contributed by atoms with Crippen molar-refractivity contribution in [2.75, 3.05) is 19.0 Å². The number of Topliss-reactive ketones (excluding diaryl/α,β-unsaturated/α-hetero) is 1. The smallest absolute Gasteiger partial charge is 0.355 e. The number of nitrogens with two attached hydrogens (primary N) is 1. The minimum Gasteiger partial charge on any atom is -0.494 e. The number of hydrazone groups is 1. The van der Waals surface area contributed by atoms with E-state index in [0.29, 0.717) is 12.4 Å². The summed E-state index contributed by atoms with van der Waals surface area (Å²) in [5.74, 6) is 0.267. The molecule has 0 saturated heterocycles. The number of carbonyl (C=O) groups excluding carboxylic acids is 3. The molecule has 0 aliphatic heterocycles.